The predicted molar refractivity (Wildman–Crippen MR) is 111 cm³/mol. The summed E-state index contributed by atoms with van der Waals surface area (Å²) in [6.07, 6.45) is -0.949. The van der Waals surface area contributed by atoms with Gasteiger partial charge in [-0.15, -0.1) is 0 Å². The van der Waals surface area contributed by atoms with E-state index in [4.69, 9.17) is 10.8 Å². The van der Waals surface area contributed by atoms with E-state index in [1.165, 1.54) is 24.3 Å². The van der Waals surface area contributed by atoms with Crippen molar-refractivity contribution in [3.05, 3.63) is 29.8 Å². The smallest absolute Gasteiger partial charge is 0.326 e. The molecule has 32 heavy (non-hydrogen) atoms. The number of aliphatic carboxylic acids is 2. The summed E-state index contributed by atoms with van der Waals surface area (Å²) < 4.78 is 0. The number of phenolic OH excluding ortho intramolecular Hbond substituents is 1. The fraction of sp³-hybridized carbons (Fsp3) is 0.450. The first-order valence-electron chi connectivity index (χ1n) is 9.77. The first-order chi connectivity index (χ1) is 14.9. The Balaban J connectivity index is 3.12. The molecule has 0 heterocycles. The normalized spacial score (nSPS) is 13.5. The van der Waals surface area contributed by atoms with Crippen LogP contribution in [-0.2, 0) is 30.4 Å². The summed E-state index contributed by atoms with van der Waals surface area (Å²) in [4.78, 5) is 59.4. The first kappa shape index (κ1) is 26.4. The number of carbonyl (C=O) groups excluding carboxylic acids is 3. The molecule has 1 rings (SSSR count). The number of nitrogens with one attached hydrogen (secondary N) is 3. The van der Waals surface area contributed by atoms with E-state index in [2.05, 4.69) is 16.0 Å². The lowest BCUT2D eigenvalue weighted by Gasteiger charge is -2.26. The highest BCUT2D eigenvalue weighted by Gasteiger charge is 2.31. The average molecular weight is 452 g/mol. The number of carboxylic acid groups (broad SMARTS) is 2. The van der Waals surface area contributed by atoms with Gasteiger partial charge in [-0.3, -0.25) is 19.2 Å². The standard InChI is InChI=1S/C20H28N4O8/c1-10(2)17(24-15(26)9-21)19(30)22-13(7-11-3-5-12(25)6-4-11)18(29)23-14(20(31)32)8-16(27)28/h3-6,10,13-14,17,25H,7-9,21H2,1-2H3,(H,22,30)(H,23,29)(H,24,26)(H,27,28)(H,31,32). The number of amides is 3. The molecule has 176 valence electrons. The highest BCUT2D eigenvalue weighted by molar-refractivity contribution is 5.94. The lowest BCUT2D eigenvalue weighted by atomic mass is 10.0. The van der Waals surface area contributed by atoms with Crippen LogP contribution >= 0.6 is 0 Å². The van der Waals surface area contributed by atoms with Crippen LogP contribution in [0.3, 0.4) is 0 Å². The number of rotatable bonds is 12. The summed E-state index contributed by atoms with van der Waals surface area (Å²) in [7, 11) is 0. The highest BCUT2D eigenvalue weighted by Crippen LogP contribution is 2.12. The Bertz CT molecular complexity index is 841. The van der Waals surface area contributed by atoms with Gasteiger partial charge in [0.25, 0.3) is 0 Å². The van der Waals surface area contributed by atoms with Crippen LogP contribution in [0.5, 0.6) is 5.75 Å². The van der Waals surface area contributed by atoms with E-state index in [1.807, 2.05) is 0 Å². The molecule has 0 saturated heterocycles. The average Bonchev–Trinajstić information content (AvgIpc) is 2.71. The Morgan fingerprint density at radius 3 is 1.94 bits per heavy atom. The fourth-order valence-electron chi connectivity index (χ4n) is 2.75. The Morgan fingerprint density at radius 1 is 0.906 bits per heavy atom. The second-order valence-electron chi connectivity index (χ2n) is 7.42. The topological polar surface area (TPSA) is 208 Å². The van der Waals surface area contributed by atoms with Crippen LogP contribution in [0.2, 0.25) is 0 Å². The van der Waals surface area contributed by atoms with E-state index in [9.17, 15) is 34.2 Å². The maximum atomic E-state index is 12.8. The van der Waals surface area contributed by atoms with Gasteiger partial charge in [0, 0.05) is 6.42 Å². The first-order valence-corrected chi connectivity index (χ1v) is 9.77. The zero-order valence-corrected chi connectivity index (χ0v) is 17.7. The third-order valence-electron chi connectivity index (χ3n) is 4.45. The van der Waals surface area contributed by atoms with Gasteiger partial charge >= 0.3 is 11.9 Å². The summed E-state index contributed by atoms with van der Waals surface area (Å²) in [5.41, 5.74) is 5.80. The van der Waals surface area contributed by atoms with Gasteiger partial charge in [-0.05, 0) is 23.6 Å². The van der Waals surface area contributed by atoms with Crippen LogP contribution in [0.15, 0.2) is 24.3 Å². The molecule has 1 aromatic carbocycles. The van der Waals surface area contributed by atoms with Crippen LogP contribution in [0.1, 0.15) is 25.8 Å². The Hall–Kier alpha value is -3.67. The van der Waals surface area contributed by atoms with Crippen molar-refractivity contribution in [3.63, 3.8) is 0 Å². The second kappa shape index (κ2) is 12.2. The quantitative estimate of drug-likeness (QED) is 0.198. The van der Waals surface area contributed by atoms with Crippen LogP contribution in [-0.4, -0.2) is 69.7 Å². The molecule has 0 aromatic heterocycles. The molecule has 1 aromatic rings. The Labute approximate surface area is 184 Å². The number of benzene rings is 1. The van der Waals surface area contributed by atoms with Gasteiger partial charge in [0.2, 0.25) is 17.7 Å². The molecule has 3 atom stereocenters. The van der Waals surface area contributed by atoms with Gasteiger partial charge in [-0.2, -0.15) is 0 Å². The lowest BCUT2D eigenvalue weighted by Crippen LogP contribution is -2.58. The molecule has 0 saturated carbocycles. The number of aromatic hydroxyl groups is 1. The predicted octanol–water partition coefficient (Wildman–Crippen LogP) is -1.44. The second-order valence-corrected chi connectivity index (χ2v) is 7.42. The van der Waals surface area contributed by atoms with E-state index < -0.39 is 54.2 Å². The summed E-state index contributed by atoms with van der Waals surface area (Å²) in [6, 6.07) is 1.73. The van der Waals surface area contributed by atoms with Gasteiger partial charge in [0.1, 0.15) is 23.9 Å². The van der Waals surface area contributed by atoms with Gasteiger partial charge < -0.3 is 37.0 Å². The summed E-state index contributed by atoms with van der Waals surface area (Å²) in [5, 5.41) is 34.5. The minimum absolute atomic E-state index is 0.0180. The minimum atomic E-state index is -1.71. The third-order valence-corrected chi connectivity index (χ3v) is 4.45. The zero-order valence-electron chi connectivity index (χ0n) is 17.7. The van der Waals surface area contributed by atoms with Crippen molar-refractivity contribution in [2.75, 3.05) is 6.54 Å². The summed E-state index contributed by atoms with van der Waals surface area (Å²) in [5.74, 6) is -5.56. The van der Waals surface area contributed by atoms with E-state index in [-0.39, 0.29) is 24.6 Å². The van der Waals surface area contributed by atoms with Crippen molar-refractivity contribution in [2.24, 2.45) is 11.7 Å². The van der Waals surface area contributed by atoms with Crippen molar-refractivity contribution in [2.45, 2.75) is 44.8 Å². The number of phenols is 1. The molecule has 3 amide bonds. The van der Waals surface area contributed by atoms with Crippen LogP contribution in [0, 0.1) is 5.92 Å². The number of carboxylic acids is 2. The van der Waals surface area contributed by atoms with Gasteiger partial charge in [-0.1, -0.05) is 26.0 Å². The van der Waals surface area contributed by atoms with Crippen LogP contribution in [0.25, 0.3) is 0 Å². The van der Waals surface area contributed by atoms with Crippen LogP contribution in [0.4, 0.5) is 0 Å². The maximum Gasteiger partial charge on any atom is 0.326 e. The zero-order chi connectivity index (χ0) is 24.4. The summed E-state index contributed by atoms with van der Waals surface area (Å²) in [6.45, 7) is 3.00. The van der Waals surface area contributed by atoms with Crippen molar-refractivity contribution >= 4 is 29.7 Å². The lowest BCUT2D eigenvalue weighted by molar-refractivity contribution is -0.147. The number of hydrogen-bond acceptors (Lipinski definition) is 7. The molecule has 3 unspecified atom stereocenters. The van der Waals surface area contributed by atoms with Crippen LogP contribution < -0.4 is 21.7 Å². The van der Waals surface area contributed by atoms with Crippen molar-refractivity contribution < 1.29 is 39.3 Å². The van der Waals surface area contributed by atoms with Gasteiger partial charge in [0.05, 0.1) is 13.0 Å². The van der Waals surface area contributed by atoms with Crippen molar-refractivity contribution in [3.8, 4) is 5.75 Å². The monoisotopic (exact) mass is 452 g/mol. The van der Waals surface area contributed by atoms with E-state index >= 15 is 0 Å². The van der Waals surface area contributed by atoms with Crippen molar-refractivity contribution in [1.29, 1.82) is 0 Å². The molecule has 8 N–H and O–H groups in total. The number of hydrogen-bond donors (Lipinski definition) is 7. The van der Waals surface area contributed by atoms with Crippen molar-refractivity contribution in [1.82, 2.24) is 16.0 Å². The van der Waals surface area contributed by atoms with E-state index in [0.29, 0.717) is 5.56 Å². The Kier molecular flexibility index (Phi) is 10.1. The number of carbonyl (C=O) groups is 5. The largest absolute Gasteiger partial charge is 0.508 e. The highest BCUT2D eigenvalue weighted by atomic mass is 16.4. The molecule has 0 fully saturated rings. The van der Waals surface area contributed by atoms with Gasteiger partial charge in [0.15, 0.2) is 0 Å². The fourth-order valence-corrected chi connectivity index (χ4v) is 2.75. The maximum absolute atomic E-state index is 12.8. The molecule has 12 heteroatoms. The Morgan fingerprint density at radius 2 is 1.47 bits per heavy atom. The molecule has 0 spiro atoms. The molecule has 0 radical (unpaired) electrons. The minimum Gasteiger partial charge on any atom is -0.508 e. The molecular weight excluding hydrogens is 424 g/mol. The van der Waals surface area contributed by atoms with E-state index in [0.717, 1.165) is 0 Å². The molecule has 0 aliphatic heterocycles. The SMILES string of the molecule is CC(C)C(NC(=O)CN)C(=O)NC(Cc1ccc(O)cc1)C(=O)NC(CC(=O)O)C(=O)O. The third kappa shape index (κ3) is 8.60. The summed E-state index contributed by atoms with van der Waals surface area (Å²) >= 11 is 0. The van der Waals surface area contributed by atoms with Gasteiger partial charge in [-0.25, -0.2) is 4.79 Å². The molecular formula is C20H28N4O8. The number of nitrogens with two attached hydrogens (primary N) is 1. The molecule has 12 nitrogen and oxygen atoms in total. The molecule has 0 bridgehead atoms. The van der Waals surface area contributed by atoms with E-state index in [1.54, 1.807) is 13.8 Å². The molecule has 0 aliphatic carbocycles. The molecule has 0 aliphatic rings.